The van der Waals surface area contributed by atoms with Crippen molar-refractivity contribution in [2.24, 2.45) is 0 Å². The van der Waals surface area contributed by atoms with Gasteiger partial charge in [0.1, 0.15) is 6.04 Å². The van der Waals surface area contributed by atoms with Gasteiger partial charge < -0.3 is 10.6 Å². The number of piperidine rings is 1. The van der Waals surface area contributed by atoms with Gasteiger partial charge in [-0.05, 0) is 125 Å². The summed E-state index contributed by atoms with van der Waals surface area (Å²) in [5.41, 5.74) is 5.75. The van der Waals surface area contributed by atoms with Crippen molar-refractivity contribution in [3.8, 4) is 0 Å². The van der Waals surface area contributed by atoms with E-state index in [0.29, 0.717) is 10.7 Å². The Morgan fingerprint density at radius 3 is 2.29 bits per heavy atom. The second-order valence-corrected chi connectivity index (χ2v) is 17.8. The maximum atomic E-state index is 14.2. The van der Waals surface area contributed by atoms with Crippen molar-refractivity contribution in [3.05, 3.63) is 130 Å². The Hall–Kier alpha value is -4.80. The Kier molecular flexibility index (Phi) is 10.0. The van der Waals surface area contributed by atoms with Gasteiger partial charge >= 0.3 is 0 Å². The van der Waals surface area contributed by atoms with Gasteiger partial charge in [-0.25, -0.2) is 8.42 Å². The molecular formula is C46H45ClN4O4S. The van der Waals surface area contributed by atoms with Gasteiger partial charge in [-0.3, -0.25) is 14.5 Å². The van der Waals surface area contributed by atoms with E-state index in [1.165, 1.54) is 81.8 Å². The highest BCUT2D eigenvalue weighted by Crippen LogP contribution is 2.45. The molecular weight excluding hydrogens is 740 g/mol. The summed E-state index contributed by atoms with van der Waals surface area (Å²) in [4.78, 5) is 30.1. The summed E-state index contributed by atoms with van der Waals surface area (Å²) in [7, 11) is -4.09. The summed E-state index contributed by atoms with van der Waals surface area (Å²) < 4.78 is 28.7. The number of anilines is 1. The monoisotopic (exact) mass is 784 g/mol. The lowest BCUT2D eigenvalue weighted by atomic mass is 9.75. The van der Waals surface area contributed by atoms with E-state index in [-0.39, 0.29) is 30.3 Å². The first-order chi connectivity index (χ1) is 27.3. The Balaban J connectivity index is 1.08. The smallest absolute Gasteiger partial charge is 0.243 e. The quantitative estimate of drug-likeness (QED) is 0.151. The Morgan fingerprint density at radius 2 is 1.48 bits per heavy atom. The van der Waals surface area contributed by atoms with E-state index in [0.717, 1.165) is 59.5 Å². The summed E-state index contributed by atoms with van der Waals surface area (Å²) in [5.74, 6) is -0.897. The fourth-order valence-electron chi connectivity index (χ4n) is 9.39. The number of benzene rings is 6. The number of nitrogens with one attached hydrogen (secondary N) is 2. The number of nitrogens with zero attached hydrogens (tertiary/aromatic N) is 2. The van der Waals surface area contributed by atoms with Crippen LogP contribution in [0.3, 0.4) is 0 Å². The van der Waals surface area contributed by atoms with Crippen molar-refractivity contribution < 1.29 is 18.0 Å². The molecule has 0 radical (unpaired) electrons. The lowest BCUT2D eigenvalue weighted by molar-refractivity contribution is -0.130. The molecule has 9 rings (SSSR count). The largest absolute Gasteiger partial charge is 0.353 e. The highest BCUT2D eigenvalue weighted by molar-refractivity contribution is 7.89. The molecule has 10 heteroatoms. The number of sulfonamides is 1. The fourth-order valence-corrected chi connectivity index (χ4v) is 11.1. The molecule has 1 aliphatic carbocycles. The Morgan fingerprint density at radius 1 is 0.768 bits per heavy atom. The molecule has 2 fully saturated rings. The van der Waals surface area contributed by atoms with Crippen molar-refractivity contribution in [2.45, 2.75) is 68.3 Å². The van der Waals surface area contributed by atoms with Gasteiger partial charge in [-0.1, -0.05) is 90.8 Å². The number of likely N-dealkylation sites (tertiary alicyclic amines) is 1. The predicted octanol–water partition coefficient (Wildman–Crippen LogP) is 8.77. The molecule has 0 bridgehead atoms. The van der Waals surface area contributed by atoms with E-state index < -0.39 is 27.9 Å². The van der Waals surface area contributed by atoms with E-state index in [4.69, 9.17) is 11.6 Å². The molecule has 2 saturated heterocycles. The van der Waals surface area contributed by atoms with Crippen molar-refractivity contribution in [1.82, 2.24) is 14.5 Å². The van der Waals surface area contributed by atoms with Gasteiger partial charge in [0.15, 0.2) is 0 Å². The lowest BCUT2D eigenvalue weighted by Crippen LogP contribution is -2.57. The van der Waals surface area contributed by atoms with Crippen molar-refractivity contribution in [2.75, 3.05) is 31.5 Å². The van der Waals surface area contributed by atoms with Gasteiger partial charge in [0.2, 0.25) is 21.8 Å². The highest BCUT2D eigenvalue weighted by Gasteiger charge is 2.40. The van der Waals surface area contributed by atoms with Crippen LogP contribution in [0.5, 0.6) is 0 Å². The number of halogens is 1. The minimum absolute atomic E-state index is 0.0217. The Labute approximate surface area is 332 Å². The molecule has 2 atom stereocenters. The van der Waals surface area contributed by atoms with Gasteiger partial charge in [0.05, 0.1) is 17.0 Å². The van der Waals surface area contributed by atoms with E-state index >= 15 is 0 Å². The van der Waals surface area contributed by atoms with Gasteiger partial charge in [0, 0.05) is 36.0 Å². The fraction of sp³-hybridized carbons (Fsp3) is 0.304. The van der Waals surface area contributed by atoms with Crippen LogP contribution in [-0.4, -0.2) is 61.7 Å². The summed E-state index contributed by atoms with van der Waals surface area (Å²) in [6.45, 7) is 3.43. The summed E-state index contributed by atoms with van der Waals surface area (Å²) >= 11 is 6.04. The van der Waals surface area contributed by atoms with E-state index in [1.54, 1.807) is 0 Å². The molecule has 286 valence electrons. The SMILES string of the molecule is O=C(C[C@@H]1C(=O)NCCN1S(=O)(=O)c1ccc(Cl)cc1)Nc1c([C@@H]2CCCc3c2ccc2c3cc(CN3CCCCC3)c3ccccc32)ccc2ccccc12. The van der Waals surface area contributed by atoms with Crippen LogP contribution in [-0.2, 0) is 32.6 Å². The molecule has 2 aliphatic heterocycles. The zero-order chi connectivity index (χ0) is 38.4. The number of fused-ring (bicyclic) bond motifs is 6. The van der Waals surface area contributed by atoms with E-state index in [2.05, 4.69) is 70.1 Å². The number of aryl methyl sites for hydroxylation is 1. The number of rotatable bonds is 8. The number of carbonyl (C=O) groups is 2. The first-order valence-electron chi connectivity index (χ1n) is 19.8. The second kappa shape index (κ2) is 15.3. The topological polar surface area (TPSA) is 98.8 Å². The van der Waals surface area contributed by atoms with Crippen LogP contribution in [0, 0.1) is 0 Å². The number of hydrogen-bond donors (Lipinski definition) is 2. The van der Waals surface area contributed by atoms with Crippen LogP contribution >= 0.6 is 11.6 Å². The molecule has 6 aromatic carbocycles. The van der Waals surface area contributed by atoms with Gasteiger partial charge in [-0.15, -0.1) is 0 Å². The van der Waals surface area contributed by atoms with Crippen molar-refractivity contribution in [3.63, 3.8) is 0 Å². The third-order valence-corrected chi connectivity index (χ3v) is 14.3. The van der Waals surface area contributed by atoms with Crippen LogP contribution in [0.2, 0.25) is 5.02 Å². The lowest BCUT2D eigenvalue weighted by Gasteiger charge is -2.34. The van der Waals surface area contributed by atoms with Gasteiger partial charge in [0.25, 0.3) is 0 Å². The predicted molar refractivity (Wildman–Crippen MR) is 225 cm³/mol. The third-order valence-electron chi connectivity index (χ3n) is 12.1. The molecule has 0 spiro atoms. The molecule has 2 heterocycles. The normalized spacial score (nSPS) is 19.6. The van der Waals surface area contributed by atoms with Crippen LogP contribution in [0.15, 0.2) is 108 Å². The summed E-state index contributed by atoms with van der Waals surface area (Å²) in [6, 6.07) is 32.7. The third kappa shape index (κ3) is 6.85. The van der Waals surface area contributed by atoms with Crippen molar-refractivity contribution in [1.29, 1.82) is 0 Å². The summed E-state index contributed by atoms with van der Waals surface area (Å²) in [5, 5.41) is 13.5. The molecule has 0 saturated carbocycles. The molecule has 8 nitrogen and oxygen atoms in total. The number of piperazine rings is 1. The van der Waals surface area contributed by atoms with Crippen molar-refractivity contribution >= 4 is 71.4 Å². The van der Waals surface area contributed by atoms with Gasteiger partial charge in [-0.2, -0.15) is 4.31 Å². The maximum absolute atomic E-state index is 14.2. The number of hydrogen-bond acceptors (Lipinski definition) is 5. The molecule has 2 N–H and O–H groups in total. The van der Waals surface area contributed by atoms with Crippen LogP contribution in [0.25, 0.3) is 32.3 Å². The second-order valence-electron chi connectivity index (χ2n) is 15.5. The standard InChI is InChI=1S/C46H45ClN4O4S/c47-32-16-18-33(19-17-32)56(54,55)51-26-23-48-46(53)43(51)28-44(52)49-45-35-11-3-2-9-30(35)15-20-41(45)37-13-8-14-38-39(37)21-22-40-36-12-5-4-10-34(36)31(27-42(38)40)29-50-24-6-1-7-25-50/h2-5,9-12,15-22,27,37,43H,1,6-8,13-14,23-26,28-29H2,(H,48,53)(H,49,52)/t37-,43-/m1/s1. The van der Waals surface area contributed by atoms with Crippen LogP contribution in [0.1, 0.15) is 66.7 Å². The van der Waals surface area contributed by atoms with E-state index in [1.807, 2.05) is 24.3 Å². The zero-order valence-corrected chi connectivity index (χ0v) is 32.8. The van der Waals surface area contributed by atoms with Crippen LogP contribution < -0.4 is 10.6 Å². The highest BCUT2D eigenvalue weighted by atomic mass is 35.5. The minimum atomic E-state index is -4.09. The first kappa shape index (κ1) is 36.8. The molecule has 0 unspecified atom stereocenters. The average molecular weight is 785 g/mol. The molecule has 3 aliphatic rings. The minimum Gasteiger partial charge on any atom is -0.353 e. The molecule has 0 aromatic heterocycles. The van der Waals surface area contributed by atoms with E-state index in [9.17, 15) is 18.0 Å². The molecule has 2 amide bonds. The number of amides is 2. The number of carbonyl (C=O) groups excluding carboxylic acids is 2. The molecule has 6 aromatic rings. The first-order valence-corrected chi connectivity index (χ1v) is 21.6. The zero-order valence-electron chi connectivity index (χ0n) is 31.3. The van der Waals surface area contributed by atoms with Crippen LogP contribution in [0.4, 0.5) is 5.69 Å². The molecule has 56 heavy (non-hydrogen) atoms. The maximum Gasteiger partial charge on any atom is 0.243 e. The average Bonchev–Trinajstić information content (AvgIpc) is 3.22. The Bertz CT molecular complexity index is 2610. The summed E-state index contributed by atoms with van der Waals surface area (Å²) in [6.07, 6.45) is 6.39.